The molecule has 0 saturated carbocycles. The molecule has 0 fully saturated rings. The fourth-order valence-corrected chi connectivity index (χ4v) is 3.47. The highest BCUT2D eigenvalue weighted by Crippen LogP contribution is 2.28. The van der Waals surface area contributed by atoms with Crippen LogP contribution in [0.3, 0.4) is 0 Å². The summed E-state index contributed by atoms with van der Waals surface area (Å²) in [6.07, 6.45) is 2.71. The first-order valence-corrected chi connectivity index (χ1v) is 10.3. The van der Waals surface area contributed by atoms with E-state index in [4.69, 9.17) is 16.2 Å². The molecule has 1 unspecified atom stereocenters. The zero-order valence-electron chi connectivity index (χ0n) is 16.9. The highest BCUT2D eigenvalue weighted by atomic mass is 35.5. The van der Waals surface area contributed by atoms with E-state index in [-0.39, 0.29) is 19.6 Å². The summed E-state index contributed by atoms with van der Waals surface area (Å²) in [6.45, 7) is 1.31. The number of oxazole rings is 1. The van der Waals surface area contributed by atoms with Crippen LogP contribution >= 0.6 is 11.8 Å². The number of aliphatic hydroxyl groups excluding tert-OH is 3. The van der Waals surface area contributed by atoms with Gasteiger partial charge in [-0.15, -0.1) is 0 Å². The average Bonchev–Trinajstić information content (AvgIpc) is 3.27. The van der Waals surface area contributed by atoms with Gasteiger partial charge in [0.15, 0.2) is 5.89 Å². The second-order valence-corrected chi connectivity index (χ2v) is 7.68. The summed E-state index contributed by atoms with van der Waals surface area (Å²) in [7, 11) is 0. The highest BCUT2D eigenvalue weighted by molar-refractivity contribution is 6.13. The summed E-state index contributed by atoms with van der Waals surface area (Å²) < 4.78 is 5.49. The van der Waals surface area contributed by atoms with E-state index >= 15 is 0 Å². The molecule has 0 bridgehead atoms. The molecule has 6 nitrogen and oxygen atoms in total. The third-order valence-electron chi connectivity index (χ3n) is 5.21. The van der Waals surface area contributed by atoms with Gasteiger partial charge in [-0.2, -0.15) is 0 Å². The van der Waals surface area contributed by atoms with Gasteiger partial charge in [-0.3, -0.25) is 0 Å². The predicted molar refractivity (Wildman–Crippen MR) is 117 cm³/mol. The number of hydrogen-bond donors (Lipinski definition) is 4. The van der Waals surface area contributed by atoms with E-state index in [1.165, 1.54) is 0 Å². The summed E-state index contributed by atoms with van der Waals surface area (Å²) in [5.74, 6) is 0.751. The van der Waals surface area contributed by atoms with E-state index in [1.54, 1.807) is 6.26 Å². The van der Waals surface area contributed by atoms with Gasteiger partial charge in [-0.05, 0) is 34.9 Å². The van der Waals surface area contributed by atoms with Crippen LogP contribution in [0.5, 0.6) is 0 Å². The summed E-state index contributed by atoms with van der Waals surface area (Å²) in [6, 6.07) is 15.6. The largest absolute Gasteiger partial charge is 0.448 e. The molecule has 0 spiro atoms. The zero-order chi connectivity index (χ0) is 21.6. The Labute approximate surface area is 181 Å². The van der Waals surface area contributed by atoms with Gasteiger partial charge in [0.2, 0.25) is 0 Å². The quantitative estimate of drug-likeness (QED) is 0.365. The van der Waals surface area contributed by atoms with E-state index in [0.717, 1.165) is 41.1 Å². The lowest BCUT2D eigenvalue weighted by molar-refractivity contribution is 0.0526. The molecule has 0 aliphatic rings. The van der Waals surface area contributed by atoms with Gasteiger partial charge in [0.1, 0.15) is 12.0 Å². The molecule has 1 aromatic heterocycles. The summed E-state index contributed by atoms with van der Waals surface area (Å²) in [5.41, 5.74) is 3.41. The lowest BCUT2D eigenvalue weighted by atomic mass is 9.91. The number of nitrogens with zero attached hydrogens (tertiary/aromatic N) is 1. The summed E-state index contributed by atoms with van der Waals surface area (Å²) >= 11 is 5.64. The fourth-order valence-electron chi connectivity index (χ4n) is 3.27. The lowest BCUT2D eigenvalue weighted by Crippen LogP contribution is -2.48. The summed E-state index contributed by atoms with van der Waals surface area (Å²) in [5, 5.41) is 29.4. The van der Waals surface area contributed by atoms with E-state index in [0.29, 0.717) is 5.56 Å². The van der Waals surface area contributed by atoms with Crippen molar-refractivity contribution in [2.75, 3.05) is 13.2 Å². The number of halogens is 1. The maximum absolute atomic E-state index is 10.5. The van der Waals surface area contributed by atoms with E-state index in [1.807, 2.05) is 48.5 Å². The van der Waals surface area contributed by atoms with Crippen LogP contribution < -0.4 is 4.84 Å². The molecule has 0 aliphatic heterocycles. The minimum atomic E-state index is -1.15. The first-order valence-electron chi connectivity index (χ1n) is 9.97. The van der Waals surface area contributed by atoms with Crippen LogP contribution in [-0.2, 0) is 6.42 Å². The van der Waals surface area contributed by atoms with Crippen molar-refractivity contribution in [3.63, 3.8) is 0 Å². The van der Waals surface area contributed by atoms with Gasteiger partial charge >= 0.3 is 0 Å². The van der Waals surface area contributed by atoms with Gasteiger partial charge in [0.25, 0.3) is 0 Å². The molecular weight excluding hydrogens is 404 g/mol. The standard InChI is InChI=1S/C23H27ClN2O4/c1-2-3-22-25-20(13-30-22)18-8-4-16(5-9-18)17-6-10-19(11-7-17)21(29)12-23(14-27,15-28)26-24/h4-11,13,21,26-29H,2-3,12,14-15H2,1H3. The molecule has 30 heavy (non-hydrogen) atoms. The van der Waals surface area contributed by atoms with Crippen molar-refractivity contribution in [1.29, 1.82) is 0 Å². The minimum absolute atomic E-state index is 0.0786. The fraction of sp³-hybridized carbons (Fsp3) is 0.348. The Kier molecular flexibility index (Phi) is 7.64. The second kappa shape index (κ2) is 10.2. The first kappa shape index (κ1) is 22.5. The van der Waals surface area contributed by atoms with Gasteiger partial charge in [-0.1, -0.05) is 55.5 Å². The maximum atomic E-state index is 10.5. The molecule has 1 heterocycles. The van der Waals surface area contributed by atoms with Crippen molar-refractivity contribution >= 4 is 11.8 Å². The van der Waals surface area contributed by atoms with Gasteiger partial charge in [0, 0.05) is 18.4 Å². The van der Waals surface area contributed by atoms with Crippen LogP contribution in [0.25, 0.3) is 22.4 Å². The molecule has 160 valence electrons. The predicted octanol–water partition coefficient (Wildman–Crippen LogP) is 3.85. The van der Waals surface area contributed by atoms with Gasteiger partial charge in [-0.25, -0.2) is 9.82 Å². The van der Waals surface area contributed by atoms with Crippen molar-refractivity contribution < 1.29 is 19.7 Å². The van der Waals surface area contributed by atoms with Gasteiger partial charge in [0.05, 0.1) is 24.9 Å². The number of rotatable bonds is 10. The molecule has 1 atom stereocenters. The topological polar surface area (TPSA) is 98.8 Å². The molecule has 0 saturated heterocycles. The molecule has 0 radical (unpaired) electrons. The SMILES string of the molecule is CCCc1nc(-c2ccc(-c3ccc(C(O)CC(CO)(CO)NCl)cc3)cc2)co1. The van der Waals surface area contributed by atoms with Gasteiger partial charge < -0.3 is 19.7 Å². The number of nitrogens with one attached hydrogen (secondary N) is 1. The number of aryl methyl sites for hydroxylation is 1. The molecule has 3 aromatic rings. The Bertz CT molecular complexity index is 913. The normalized spacial score (nSPS) is 12.8. The number of hydrogen-bond acceptors (Lipinski definition) is 6. The number of aromatic nitrogens is 1. The van der Waals surface area contributed by atoms with Crippen LogP contribution in [0.2, 0.25) is 0 Å². The Hall–Kier alpha value is -2.22. The molecule has 0 amide bonds. The third kappa shape index (κ3) is 5.09. The van der Waals surface area contributed by atoms with E-state index in [9.17, 15) is 15.3 Å². The highest BCUT2D eigenvalue weighted by Gasteiger charge is 2.31. The smallest absolute Gasteiger partial charge is 0.194 e. The van der Waals surface area contributed by atoms with E-state index in [2.05, 4.69) is 16.7 Å². The number of aliphatic hydroxyl groups is 3. The van der Waals surface area contributed by atoms with Crippen molar-refractivity contribution in [1.82, 2.24) is 9.82 Å². The van der Waals surface area contributed by atoms with Crippen LogP contribution in [0.4, 0.5) is 0 Å². The minimum Gasteiger partial charge on any atom is -0.448 e. The first-order chi connectivity index (χ1) is 14.5. The molecule has 7 heteroatoms. The van der Waals surface area contributed by atoms with Crippen LogP contribution in [0.1, 0.15) is 37.3 Å². The Morgan fingerprint density at radius 2 is 1.57 bits per heavy atom. The van der Waals surface area contributed by atoms with Crippen molar-refractivity contribution in [3.8, 4) is 22.4 Å². The van der Waals surface area contributed by atoms with Crippen LogP contribution in [0.15, 0.2) is 59.2 Å². The molecule has 3 rings (SSSR count). The average molecular weight is 431 g/mol. The molecule has 4 N–H and O–H groups in total. The molecular formula is C23H27ClN2O4. The zero-order valence-corrected chi connectivity index (χ0v) is 17.6. The lowest BCUT2D eigenvalue weighted by Gasteiger charge is -2.30. The summed E-state index contributed by atoms with van der Waals surface area (Å²) in [4.78, 5) is 6.89. The van der Waals surface area contributed by atoms with Crippen molar-refractivity contribution in [3.05, 3.63) is 66.2 Å². The maximum Gasteiger partial charge on any atom is 0.194 e. The second-order valence-electron chi connectivity index (χ2n) is 7.49. The number of benzene rings is 2. The Balaban J connectivity index is 1.71. The van der Waals surface area contributed by atoms with Crippen molar-refractivity contribution in [2.24, 2.45) is 0 Å². The third-order valence-corrected chi connectivity index (χ3v) is 5.62. The van der Waals surface area contributed by atoms with E-state index < -0.39 is 11.6 Å². The Morgan fingerprint density at radius 3 is 2.10 bits per heavy atom. The van der Waals surface area contributed by atoms with Crippen molar-refractivity contribution in [2.45, 2.75) is 37.8 Å². The van der Waals surface area contributed by atoms with Crippen LogP contribution in [-0.4, -0.2) is 39.1 Å². The Morgan fingerprint density at radius 1 is 1.00 bits per heavy atom. The molecule has 2 aromatic carbocycles. The van der Waals surface area contributed by atoms with Crippen LogP contribution in [0, 0.1) is 0 Å². The monoisotopic (exact) mass is 430 g/mol. The molecule has 0 aliphatic carbocycles.